The quantitative estimate of drug-likeness (QED) is 0.735. The van der Waals surface area contributed by atoms with Gasteiger partial charge in [0.15, 0.2) is 6.61 Å². The van der Waals surface area contributed by atoms with Gasteiger partial charge in [-0.3, -0.25) is 9.59 Å². The summed E-state index contributed by atoms with van der Waals surface area (Å²) >= 11 is 5.76. The van der Waals surface area contributed by atoms with Crippen LogP contribution in [0.25, 0.3) is 0 Å². The maximum Gasteiger partial charge on any atom is 0.338 e. The van der Waals surface area contributed by atoms with Gasteiger partial charge in [0.05, 0.1) is 5.56 Å². The highest BCUT2D eigenvalue weighted by molar-refractivity contribution is 6.30. The Morgan fingerprint density at radius 1 is 0.926 bits per heavy atom. The standard InChI is InChI=1S/C20H21ClN2O4/c1-3-23(4-2)19(25)14-7-11-17(12-8-14)22-18(24)13-27-20(26)15-5-9-16(21)10-6-15/h5-12H,3-4,13H2,1-2H3,(H,22,24). The second kappa shape index (κ2) is 9.73. The van der Waals surface area contributed by atoms with E-state index in [1.807, 2.05) is 13.8 Å². The van der Waals surface area contributed by atoms with Crippen LogP contribution in [0, 0.1) is 0 Å². The van der Waals surface area contributed by atoms with Gasteiger partial charge in [-0.15, -0.1) is 0 Å². The minimum atomic E-state index is -0.609. The van der Waals surface area contributed by atoms with Gasteiger partial charge in [0.25, 0.3) is 11.8 Å². The lowest BCUT2D eigenvalue weighted by Crippen LogP contribution is -2.30. The van der Waals surface area contributed by atoms with Gasteiger partial charge >= 0.3 is 5.97 Å². The van der Waals surface area contributed by atoms with Gasteiger partial charge in [-0.25, -0.2) is 4.79 Å². The molecular weight excluding hydrogens is 368 g/mol. The molecule has 0 saturated heterocycles. The number of nitrogens with zero attached hydrogens (tertiary/aromatic N) is 1. The Kier molecular flexibility index (Phi) is 7.37. The van der Waals surface area contributed by atoms with E-state index in [4.69, 9.17) is 16.3 Å². The van der Waals surface area contributed by atoms with E-state index in [-0.39, 0.29) is 5.91 Å². The van der Waals surface area contributed by atoms with Crippen molar-refractivity contribution in [3.05, 3.63) is 64.7 Å². The van der Waals surface area contributed by atoms with E-state index in [9.17, 15) is 14.4 Å². The Labute approximate surface area is 163 Å². The highest BCUT2D eigenvalue weighted by Gasteiger charge is 2.13. The zero-order chi connectivity index (χ0) is 19.8. The van der Waals surface area contributed by atoms with Crippen molar-refractivity contribution in [3.63, 3.8) is 0 Å². The smallest absolute Gasteiger partial charge is 0.338 e. The number of nitrogens with one attached hydrogen (secondary N) is 1. The molecule has 0 fully saturated rings. The largest absolute Gasteiger partial charge is 0.452 e. The van der Waals surface area contributed by atoms with Crippen LogP contribution in [0.4, 0.5) is 5.69 Å². The molecule has 0 radical (unpaired) electrons. The molecule has 2 amide bonds. The lowest BCUT2D eigenvalue weighted by molar-refractivity contribution is -0.119. The van der Waals surface area contributed by atoms with Gasteiger partial charge < -0.3 is 15.0 Å². The van der Waals surface area contributed by atoms with E-state index in [1.54, 1.807) is 41.3 Å². The number of rotatable bonds is 7. The van der Waals surface area contributed by atoms with Crippen molar-refractivity contribution in [1.29, 1.82) is 0 Å². The van der Waals surface area contributed by atoms with Crippen molar-refractivity contribution in [2.45, 2.75) is 13.8 Å². The fourth-order valence-corrected chi connectivity index (χ4v) is 2.51. The Morgan fingerprint density at radius 2 is 1.48 bits per heavy atom. The van der Waals surface area contributed by atoms with Crippen LogP contribution in [-0.4, -0.2) is 42.4 Å². The average molecular weight is 389 g/mol. The van der Waals surface area contributed by atoms with Gasteiger partial charge in [0.2, 0.25) is 0 Å². The third kappa shape index (κ3) is 5.82. The van der Waals surface area contributed by atoms with Crippen molar-refractivity contribution >= 4 is 35.1 Å². The molecule has 0 bridgehead atoms. The van der Waals surface area contributed by atoms with E-state index in [2.05, 4.69) is 5.32 Å². The van der Waals surface area contributed by atoms with E-state index in [0.29, 0.717) is 34.9 Å². The Bertz CT molecular complexity index is 800. The van der Waals surface area contributed by atoms with E-state index < -0.39 is 18.5 Å². The highest BCUT2D eigenvalue weighted by Crippen LogP contribution is 2.13. The summed E-state index contributed by atoms with van der Waals surface area (Å²) in [6, 6.07) is 12.7. The summed E-state index contributed by atoms with van der Waals surface area (Å²) in [5, 5.41) is 3.13. The predicted octanol–water partition coefficient (Wildman–Crippen LogP) is 3.62. The van der Waals surface area contributed by atoms with Gasteiger partial charge in [-0.2, -0.15) is 0 Å². The lowest BCUT2D eigenvalue weighted by Gasteiger charge is -2.18. The van der Waals surface area contributed by atoms with Crippen LogP contribution in [-0.2, 0) is 9.53 Å². The number of halogens is 1. The van der Waals surface area contributed by atoms with E-state index in [1.165, 1.54) is 12.1 Å². The minimum Gasteiger partial charge on any atom is -0.452 e. The Hall–Kier alpha value is -2.86. The molecule has 0 aliphatic rings. The molecule has 2 aromatic carbocycles. The first-order valence-corrected chi connectivity index (χ1v) is 8.94. The molecule has 0 unspecified atom stereocenters. The highest BCUT2D eigenvalue weighted by atomic mass is 35.5. The lowest BCUT2D eigenvalue weighted by atomic mass is 10.2. The third-order valence-corrected chi connectivity index (χ3v) is 4.13. The van der Waals surface area contributed by atoms with Crippen molar-refractivity contribution in [3.8, 4) is 0 Å². The van der Waals surface area contributed by atoms with Crippen molar-refractivity contribution in [2.75, 3.05) is 25.0 Å². The molecule has 6 nitrogen and oxygen atoms in total. The summed E-state index contributed by atoms with van der Waals surface area (Å²) in [6.07, 6.45) is 0. The summed E-state index contributed by atoms with van der Waals surface area (Å²) in [7, 11) is 0. The summed E-state index contributed by atoms with van der Waals surface area (Å²) in [5.74, 6) is -1.14. The van der Waals surface area contributed by atoms with Crippen LogP contribution >= 0.6 is 11.6 Å². The molecule has 0 spiro atoms. The maximum absolute atomic E-state index is 12.2. The first kappa shape index (κ1) is 20.5. The maximum atomic E-state index is 12.2. The number of carbonyl (C=O) groups excluding carboxylic acids is 3. The molecule has 0 saturated carbocycles. The average Bonchev–Trinajstić information content (AvgIpc) is 2.68. The van der Waals surface area contributed by atoms with E-state index >= 15 is 0 Å². The van der Waals surface area contributed by atoms with E-state index in [0.717, 1.165) is 0 Å². The third-order valence-electron chi connectivity index (χ3n) is 3.88. The Morgan fingerprint density at radius 3 is 2.04 bits per heavy atom. The van der Waals surface area contributed by atoms with Gasteiger partial charge in [-0.05, 0) is 62.4 Å². The number of anilines is 1. The second-order valence-corrected chi connectivity index (χ2v) is 6.12. The number of carbonyl (C=O) groups is 3. The second-order valence-electron chi connectivity index (χ2n) is 5.69. The normalized spacial score (nSPS) is 10.2. The molecular formula is C20H21ClN2O4. The molecule has 7 heteroatoms. The van der Waals surface area contributed by atoms with Gasteiger partial charge in [0, 0.05) is 29.4 Å². The summed E-state index contributed by atoms with van der Waals surface area (Å²) in [5.41, 5.74) is 1.37. The molecule has 0 aliphatic heterocycles. The van der Waals surface area contributed by atoms with Crippen molar-refractivity contribution in [2.24, 2.45) is 0 Å². The number of amides is 2. The fourth-order valence-electron chi connectivity index (χ4n) is 2.39. The van der Waals surface area contributed by atoms with Crippen LogP contribution in [0.1, 0.15) is 34.6 Å². The summed E-state index contributed by atoms with van der Waals surface area (Å²) in [6.45, 7) is 4.68. The molecule has 0 aliphatic carbocycles. The van der Waals surface area contributed by atoms with Crippen LogP contribution in [0.15, 0.2) is 48.5 Å². The van der Waals surface area contributed by atoms with Gasteiger partial charge in [0.1, 0.15) is 0 Å². The molecule has 0 heterocycles. The zero-order valence-corrected chi connectivity index (χ0v) is 16.0. The molecule has 27 heavy (non-hydrogen) atoms. The summed E-state index contributed by atoms with van der Waals surface area (Å²) in [4.78, 5) is 37.8. The molecule has 2 aromatic rings. The minimum absolute atomic E-state index is 0.0604. The van der Waals surface area contributed by atoms with Gasteiger partial charge in [-0.1, -0.05) is 11.6 Å². The number of hydrogen-bond donors (Lipinski definition) is 1. The van der Waals surface area contributed by atoms with Crippen molar-refractivity contribution in [1.82, 2.24) is 4.90 Å². The van der Waals surface area contributed by atoms with Crippen molar-refractivity contribution < 1.29 is 19.1 Å². The monoisotopic (exact) mass is 388 g/mol. The van der Waals surface area contributed by atoms with Crippen LogP contribution in [0.3, 0.4) is 0 Å². The first-order chi connectivity index (χ1) is 12.9. The topological polar surface area (TPSA) is 75.7 Å². The molecule has 2 rings (SSSR count). The van der Waals surface area contributed by atoms with Crippen LogP contribution in [0.2, 0.25) is 5.02 Å². The number of ether oxygens (including phenoxy) is 1. The SMILES string of the molecule is CCN(CC)C(=O)c1ccc(NC(=O)COC(=O)c2ccc(Cl)cc2)cc1. The Balaban J connectivity index is 1.87. The predicted molar refractivity (Wildman–Crippen MR) is 104 cm³/mol. The summed E-state index contributed by atoms with van der Waals surface area (Å²) < 4.78 is 4.97. The molecule has 0 atom stereocenters. The molecule has 0 aromatic heterocycles. The zero-order valence-electron chi connectivity index (χ0n) is 15.2. The number of hydrogen-bond acceptors (Lipinski definition) is 4. The molecule has 1 N–H and O–H groups in total. The molecule has 142 valence electrons. The van der Waals surface area contributed by atoms with Crippen LogP contribution < -0.4 is 5.32 Å². The number of esters is 1. The van der Waals surface area contributed by atoms with Crippen LogP contribution in [0.5, 0.6) is 0 Å². The fraction of sp³-hybridized carbons (Fsp3) is 0.250. The first-order valence-electron chi connectivity index (χ1n) is 8.56. The number of benzene rings is 2.